The van der Waals surface area contributed by atoms with Crippen molar-refractivity contribution in [3.8, 4) is 0 Å². The van der Waals surface area contributed by atoms with E-state index < -0.39 is 11.3 Å². The molecule has 114 valence electrons. The molecule has 2 aliphatic rings. The number of nitrogens with one attached hydrogen (secondary N) is 1. The Hall–Kier alpha value is -1.30. The van der Waals surface area contributed by atoms with Crippen molar-refractivity contribution in [3.05, 3.63) is 29.3 Å². The van der Waals surface area contributed by atoms with Crippen molar-refractivity contribution >= 4 is 23.2 Å². The minimum atomic E-state index is -0.773. The van der Waals surface area contributed by atoms with Crippen molar-refractivity contribution in [2.75, 3.05) is 18.5 Å². The molecule has 0 radical (unpaired) electrons. The third-order valence-corrected chi connectivity index (χ3v) is 4.59. The van der Waals surface area contributed by atoms with Gasteiger partial charge in [-0.2, -0.15) is 0 Å². The average Bonchev–Trinajstić information content (AvgIpc) is 2.90. The molecule has 1 aliphatic heterocycles. The molecule has 1 amide bonds. The van der Waals surface area contributed by atoms with Crippen LogP contribution in [0.2, 0.25) is 5.02 Å². The number of ether oxygens (including phenoxy) is 2. The number of halogens is 1. The van der Waals surface area contributed by atoms with Crippen LogP contribution in [-0.4, -0.2) is 30.4 Å². The van der Waals surface area contributed by atoms with E-state index in [-0.39, 0.29) is 5.91 Å². The molecule has 21 heavy (non-hydrogen) atoms. The highest BCUT2D eigenvalue weighted by atomic mass is 35.5. The van der Waals surface area contributed by atoms with E-state index in [1.807, 2.05) is 12.1 Å². The smallest absolute Gasteiger partial charge is 0.243 e. The fourth-order valence-corrected chi connectivity index (χ4v) is 3.31. The quantitative estimate of drug-likeness (QED) is 0.898. The summed E-state index contributed by atoms with van der Waals surface area (Å²) in [5.41, 5.74) is 5.68. The summed E-state index contributed by atoms with van der Waals surface area (Å²) in [5.74, 6) is -0.870. The number of carbonyl (C=O) groups excluding carboxylic acids is 1. The Morgan fingerprint density at radius 2 is 1.86 bits per heavy atom. The molecular weight excluding hydrogens is 292 g/mol. The zero-order valence-corrected chi connectivity index (χ0v) is 12.5. The van der Waals surface area contributed by atoms with Gasteiger partial charge < -0.3 is 20.5 Å². The fourth-order valence-electron chi connectivity index (χ4n) is 3.12. The number of rotatable bonds is 3. The summed E-state index contributed by atoms with van der Waals surface area (Å²) in [6.07, 6.45) is 2.47. The molecule has 1 saturated heterocycles. The van der Waals surface area contributed by atoms with E-state index in [0.717, 1.165) is 5.69 Å². The molecule has 3 rings (SSSR count). The third kappa shape index (κ3) is 2.86. The molecule has 5 nitrogen and oxygen atoms in total. The normalized spacial score (nSPS) is 23.1. The Kier molecular flexibility index (Phi) is 3.82. The van der Waals surface area contributed by atoms with Gasteiger partial charge in [0.2, 0.25) is 5.91 Å². The predicted molar refractivity (Wildman–Crippen MR) is 80.1 cm³/mol. The highest BCUT2D eigenvalue weighted by molar-refractivity contribution is 6.30. The molecule has 0 aromatic heterocycles. The van der Waals surface area contributed by atoms with Gasteiger partial charge in [0.15, 0.2) is 5.79 Å². The third-order valence-electron chi connectivity index (χ3n) is 4.36. The van der Waals surface area contributed by atoms with Gasteiger partial charge in [-0.3, -0.25) is 4.79 Å². The standard InChI is InChI=1S/C15H19ClN2O3/c16-11-2-1-3-12(10-11)18-14(13(17)19)4-6-15(7-5-14)20-8-9-21-15/h1-3,10,18H,4-9H2,(H2,17,19). The molecule has 0 unspecified atom stereocenters. The van der Waals surface area contributed by atoms with E-state index in [9.17, 15) is 4.79 Å². The molecule has 2 fully saturated rings. The second-order valence-corrected chi connectivity index (χ2v) is 6.13. The molecule has 1 aromatic rings. The van der Waals surface area contributed by atoms with Crippen molar-refractivity contribution < 1.29 is 14.3 Å². The highest BCUT2D eigenvalue weighted by Gasteiger charge is 2.49. The molecule has 0 bridgehead atoms. The van der Waals surface area contributed by atoms with E-state index in [0.29, 0.717) is 43.9 Å². The molecule has 3 N–H and O–H groups in total. The van der Waals surface area contributed by atoms with Crippen LogP contribution in [0.4, 0.5) is 5.69 Å². The maximum atomic E-state index is 12.0. The fraction of sp³-hybridized carbons (Fsp3) is 0.533. The van der Waals surface area contributed by atoms with Gasteiger partial charge in [0.05, 0.1) is 13.2 Å². The zero-order valence-electron chi connectivity index (χ0n) is 11.7. The second kappa shape index (κ2) is 5.48. The lowest BCUT2D eigenvalue weighted by Crippen LogP contribution is -2.55. The minimum absolute atomic E-state index is 0.352. The first-order valence-corrected chi connectivity index (χ1v) is 7.53. The first kappa shape index (κ1) is 14.6. The maximum Gasteiger partial charge on any atom is 0.243 e. The van der Waals surface area contributed by atoms with Crippen molar-refractivity contribution in [1.29, 1.82) is 0 Å². The molecule has 0 atom stereocenters. The molecule has 1 heterocycles. The monoisotopic (exact) mass is 310 g/mol. The van der Waals surface area contributed by atoms with Gasteiger partial charge in [-0.1, -0.05) is 17.7 Å². The summed E-state index contributed by atoms with van der Waals surface area (Å²) in [4.78, 5) is 12.0. The Morgan fingerprint density at radius 1 is 1.19 bits per heavy atom. The van der Waals surface area contributed by atoms with E-state index in [1.165, 1.54) is 0 Å². The zero-order chi connectivity index (χ0) is 14.9. The van der Waals surface area contributed by atoms with E-state index in [4.69, 9.17) is 26.8 Å². The van der Waals surface area contributed by atoms with E-state index in [1.54, 1.807) is 12.1 Å². The predicted octanol–water partition coefficient (Wildman–Crippen LogP) is 2.29. The van der Waals surface area contributed by atoms with Gasteiger partial charge in [-0.25, -0.2) is 0 Å². The molecule has 1 spiro atoms. The molecule has 1 aromatic carbocycles. The van der Waals surface area contributed by atoms with Crippen LogP contribution in [0.15, 0.2) is 24.3 Å². The number of primary amides is 1. The number of hydrogen-bond donors (Lipinski definition) is 2. The lowest BCUT2D eigenvalue weighted by Gasteiger charge is -2.42. The summed E-state index contributed by atoms with van der Waals surface area (Å²) >= 11 is 5.99. The van der Waals surface area contributed by atoms with Gasteiger partial charge in [-0.05, 0) is 31.0 Å². The largest absolute Gasteiger partial charge is 0.371 e. The summed E-state index contributed by atoms with van der Waals surface area (Å²) < 4.78 is 11.4. The number of benzene rings is 1. The molecule has 1 saturated carbocycles. The van der Waals surface area contributed by atoms with Crippen LogP contribution < -0.4 is 11.1 Å². The molecular formula is C15H19ClN2O3. The lowest BCUT2D eigenvalue weighted by atomic mass is 9.78. The van der Waals surface area contributed by atoms with Crippen molar-refractivity contribution in [1.82, 2.24) is 0 Å². The Bertz CT molecular complexity index is 533. The highest BCUT2D eigenvalue weighted by Crippen LogP contribution is 2.41. The maximum absolute atomic E-state index is 12.0. The number of anilines is 1. The topological polar surface area (TPSA) is 73.6 Å². The van der Waals surface area contributed by atoms with Crippen molar-refractivity contribution in [2.24, 2.45) is 5.73 Å². The molecule has 6 heteroatoms. The van der Waals surface area contributed by atoms with Crippen LogP contribution in [0, 0.1) is 0 Å². The summed E-state index contributed by atoms with van der Waals surface area (Å²) in [5, 5.41) is 3.89. The van der Waals surface area contributed by atoms with Gasteiger partial charge in [0, 0.05) is 23.6 Å². The Labute approximate surface area is 128 Å². The second-order valence-electron chi connectivity index (χ2n) is 5.69. The van der Waals surface area contributed by atoms with Gasteiger partial charge in [0.1, 0.15) is 5.54 Å². The lowest BCUT2D eigenvalue weighted by molar-refractivity contribution is -0.183. The van der Waals surface area contributed by atoms with Crippen LogP contribution in [0.3, 0.4) is 0 Å². The first-order chi connectivity index (χ1) is 10.0. The van der Waals surface area contributed by atoms with E-state index >= 15 is 0 Å². The van der Waals surface area contributed by atoms with Crippen LogP contribution in [-0.2, 0) is 14.3 Å². The van der Waals surface area contributed by atoms with Gasteiger partial charge >= 0.3 is 0 Å². The van der Waals surface area contributed by atoms with Gasteiger partial charge in [-0.15, -0.1) is 0 Å². The summed E-state index contributed by atoms with van der Waals surface area (Å²) in [6.45, 7) is 1.23. The number of amides is 1. The number of hydrogen-bond acceptors (Lipinski definition) is 4. The number of nitrogens with two attached hydrogens (primary N) is 1. The Morgan fingerprint density at radius 3 is 2.43 bits per heavy atom. The van der Waals surface area contributed by atoms with Crippen LogP contribution in [0.1, 0.15) is 25.7 Å². The number of carbonyl (C=O) groups is 1. The average molecular weight is 311 g/mol. The summed E-state index contributed by atoms with van der Waals surface area (Å²) in [7, 11) is 0. The SMILES string of the molecule is NC(=O)C1(Nc2cccc(Cl)c2)CCC2(CC1)OCCO2. The molecule has 1 aliphatic carbocycles. The van der Waals surface area contributed by atoms with Crippen LogP contribution in [0.5, 0.6) is 0 Å². The van der Waals surface area contributed by atoms with Crippen LogP contribution >= 0.6 is 11.6 Å². The minimum Gasteiger partial charge on any atom is -0.371 e. The first-order valence-electron chi connectivity index (χ1n) is 7.15. The summed E-state index contributed by atoms with van der Waals surface area (Å²) in [6, 6.07) is 7.30. The van der Waals surface area contributed by atoms with Crippen molar-refractivity contribution in [2.45, 2.75) is 37.0 Å². The van der Waals surface area contributed by atoms with Crippen LogP contribution in [0.25, 0.3) is 0 Å². The Balaban J connectivity index is 1.77. The van der Waals surface area contributed by atoms with Crippen molar-refractivity contribution in [3.63, 3.8) is 0 Å². The van der Waals surface area contributed by atoms with E-state index in [2.05, 4.69) is 5.32 Å². The van der Waals surface area contributed by atoms with Gasteiger partial charge in [0.25, 0.3) is 0 Å².